The van der Waals surface area contributed by atoms with Crippen LogP contribution in [0.1, 0.15) is 34.8 Å². The molecule has 1 aliphatic heterocycles. The molecule has 0 fully saturated rings. The van der Waals surface area contributed by atoms with Crippen LogP contribution in [0.4, 0.5) is 10.2 Å². The van der Waals surface area contributed by atoms with Crippen LogP contribution < -0.4 is 4.90 Å². The van der Waals surface area contributed by atoms with Crippen LogP contribution in [-0.4, -0.2) is 62.9 Å². The van der Waals surface area contributed by atoms with Crippen LogP contribution in [0, 0.1) is 12.7 Å². The molecule has 9 nitrogen and oxygen atoms in total. The second-order valence-corrected chi connectivity index (χ2v) is 8.26. The predicted octanol–water partition coefficient (Wildman–Crippen LogP) is 2.68. The zero-order chi connectivity index (χ0) is 23.0. The molecule has 3 aromatic rings. The molecule has 0 spiro atoms. The topological polar surface area (TPSA) is 93.5 Å². The number of methoxy groups -OCH3 is 1. The van der Waals surface area contributed by atoms with E-state index in [0.717, 1.165) is 5.69 Å². The molecular formula is C21H23FN6O3S. The van der Waals surface area contributed by atoms with Crippen molar-refractivity contribution in [1.82, 2.24) is 23.8 Å². The number of amides is 2. The molecule has 2 aromatic heterocycles. The third-order valence-corrected chi connectivity index (χ3v) is 6.25. The number of aromatic nitrogens is 4. The first-order valence-corrected chi connectivity index (χ1v) is 10.8. The molecule has 0 N–H and O–H groups in total. The minimum Gasteiger partial charge on any atom is -0.375 e. The number of fused-ring (bicyclic) bond motifs is 1. The lowest BCUT2D eigenvalue weighted by Crippen LogP contribution is -2.42. The molecule has 0 saturated heterocycles. The van der Waals surface area contributed by atoms with E-state index in [4.69, 9.17) is 9.72 Å². The minimum absolute atomic E-state index is 0.0946. The number of aryl methyl sites for hydroxylation is 1. The molecule has 2 amide bonds. The van der Waals surface area contributed by atoms with Crippen molar-refractivity contribution in [3.8, 4) is 10.8 Å². The first-order valence-electron chi connectivity index (χ1n) is 10.0. The van der Waals surface area contributed by atoms with E-state index in [9.17, 15) is 14.0 Å². The van der Waals surface area contributed by atoms with Gasteiger partial charge < -0.3 is 14.2 Å². The molecule has 0 aliphatic carbocycles. The molecule has 0 radical (unpaired) electrons. The van der Waals surface area contributed by atoms with Crippen molar-refractivity contribution in [2.24, 2.45) is 0 Å². The first-order chi connectivity index (χ1) is 15.3. The Morgan fingerprint density at radius 3 is 2.59 bits per heavy atom. The maximum absolute atomic E-state index is 13.3. The van der Waals surface area contributed by atoms with Gasteiger partial charge in [-0.25, -0.2) is 14.4 Å². The van der Waals surface area contributed by atoms with E-state index in [-0.39, 0.29) is 24.5 Å². The second kappa shape index (κ2) is 8.75. The number of imidazole rings is 1. The summed E-state index contributed by atoms with van der Waals surface area (Å²) in [5.74, 6) is 0.823. The Morgan fingerprint density at radius 1 is 1.25 bits per heavy atom. The van der Waals surface area contributed by atoms with E-state index in [1.165, 1.54) is 47.8 Å². The van der Waals surface area contributed by atoms with Gasteiger partial charge in [0.05, 0.1) is 11.7 Å². The maximum Gasteiger partial charge on any atom is 0.254 e. The third-order valence-electron chi connectivity index (χ3n) is 5.45. The third kappa shape index (κ3) is 3.89. The lowest BCUT2D eigenvalue weighted by atomic mass is 10.1. The highest BCUT2D eigenvalue weighted by molar-refractivity contribution is 7.09. The summed E-state index contributed by atoms with van der Waals surface area (Å²) < 4.78 is 24.6. The van der Waals surface area contributed by atoms with Gasteiger partial charge in [0.1, 0.15) is 18.2 Å². The van der Waals surface area contributed by atoms with Crippen molar-refractivity contribution in [3.05, 3.63) is 47.2 Å². The van der Waals surface area contributed by atoms with E-state index in [1.807, 2.05) is 11.5 Å². The highest BCUT2D eigenvalue weighted by atomic mass is 32.1. The van der Waals surface area contributed by atoms with Crippen LogP contribution in [0.25, 0.3) is 10.8 Å². The van der Waals surface area contributed by atoms with Gasteiger partial charge in [-0.15, -0.1) is 0 Å². The number of anilines is 1. The lowest BCUT2D eigenvalue weighted by molar-refractivity contribution is -0.121. The number of halogens is 1. The van der Waals surface area contributed by atoms with Crippen molar-refractivity contribution < 1.29 is 18.7 Å². The van der Waals surface area contributed by atoms with Crippen LogP contribution in [0.15, 0.2) is 24.3 Å². The number of benzene rings is 1. The Hall–Kier alpha value is -3.18. The molecule has 168 valence electrons. The number of likely N-dealkylation sites (N-methyl/N-ethyl adjacent to an activating group) is 1. The van der Waals surface area contributed by atoms with Gasteiger partial charge >= 0.3 is 0 Å². The minimum atomic E-state index is -0.399. The molecule has 32 heavy (non-hydrogen) atoms. The normalized spacial score (nSPS) is 15.5. The van der Waals surface area contributed by atoms with Crippen molar-refractivity contribution >= 4 is 29.2 Å². The number of ether oxygens (including phenoxy) is 1. The van der Waals surface area contributed by atoms with Gasteiger partial charge in [0.2, 0.25) is 0 Å². The summed E-state index contributed by atoms with van der Waals surface area (Å²) in [5, 5.41) is 0.646. The number of carbonyl (C=O) groups is 2. The summed E-state index contributed by atoms with van der Waals surface area (Å²) in [6.45, 7) is 4.51. The zero-order valence-corrected chi connectivity index (χ0v) is 19.0. The Bertz CT molecular complexity index is 1160. The number of rotatable bonds is 5. The van der Waals surface area contributed by atoms with Crippen LogP contribution >= 0.6 is 11.5 Å². The quantitative estimate of drug-likeness (QED) is 0.584. The fourth-order valence-electron chi connectivity index (χ4n) is 3.81. The summed E-state index contributed by atoms with van der Waals surface area (Å²) in [7, 11) is 3.09. The SMILES string of the molecule is COCC(=O)N(C)c1nc(-c2nc(C)ns2)n2c1[C@@H](C)N(C(=O)c1ccc(F)cc1)CC2. The second-order valence-electron chi connectivity index (χ2n) is 7.51. The summed E-state index contributed by atoms with van der Waals surface area (Å²) in [5.41, 5.74) is 1.12. The van der Waals surface area contributed by atoms with E-state index in [0.29, 0.717) is 41.1 Å². The van der Waals surface area contributed by atoms with Gasteiger partial charge in [0.15, 0.2) is 16.6 Å². The molecule has 3 heterocycles. The molecule has 1 aromatic carbocycles. The predicted molar refractivity (Wildman–Crippen MR) is 117 cm³/mol. The average molecular weight is 459 g/mol. The first kappa shape index (κ1) is 22.0. The Balaban J connectivity index is 1.77. The van der Waals surface area contributed by atoms with Gasteiger partial charge in [-0.3, -0.25) is 14.5 Å². The van der Waals surface area contributed by atoms with Crippen molar-refractivity contribution in [1.29, 1.82) is 0 Å². The molecule has 0 unspecified atom stereocenters. The average Bonchev–Trinajstić information content (AvgIpc) is 3.37. The van der Waals surface area contributed by atoms with Crippen LogP contribution in [0.3, 0.4) is 0 Å². The van der Waals surface area contributed by atoms with Gasteiger partial charge in [-0.1, -0.05) is 0 Å². The van der Waals surface area contributed by atoms with Gasteiger partial charge in [0.25, 0.3) is 11.8 Å². The van der Waals surface area contributed by atoms with E-state index in [2.05, 4.69) is 9.36 Å². The van der Waals surface area contributed by atoms with Crippen LogP contribution in [0.5, 0.6) is 0 Å². The molecule has 0 saturated carbocycles. The maximum atomic E-state index is 13.3. The smallest absolute Gasteiger partial charge is 0.254 e. The standard InChI is InChI=1S/C21H23FN6O3S/c1-12-17-18(26(3)16(29)11-31-4)24-19(20-23-13(2)25-32-20)28(17)10-9-27(12)21(30)14-5-7-15(22)8-6-14/h5-8,12H,9-11H2,1-4H3/t12-/m1/s1. The van der Waals surface area contributed by atoms with Gasteiger partial charge in [-0.2, -0.15) is 4.37 Å². The van der Waals surface area contributed by atoms with Crippen molar-refractivity contribution in [2.45, 2.75) is 26.4 Å². The van der Waals surface area contributed by atoms with E-state index in [1.54, 1.807) is 18.9 Å². The summed E-state index contributed by atoms with van der Waals surface area (Å²) >= 11 is 1.24. The highest BCUT2D eigenvalue weighted by Gasteiger charge is 2.36. The summed E-state index contributed by atoms with van der Waals surface area (Å²) in [6.07, 6.45) is 0. The number of nitrogens with zero attached hydrogens (tertiary/aromatic N) is 6. The zero-order valence-electron chi connectivity index (χ0n) is 18.2. The molecular weight excluding hydrogens is 435 g/mol. The summed E-state index contributed by atoms with van der Waals surface area (Å²) in [4.78, 5) is 38.1. The number of carbonyl (C=O) groups excluding carboxylic acids is 2. The fraction of sp³-hybridized carbons (Fsp3) is 0.381. The highest BCUT2D eigenvalue weighted by Crippen LogP contribution is 2.38. The van der Waals surface area contributed by atoms with Crippen LogP contribution in [-0.2, 0) is 16.1 Å². The Morgan fingerprint density at radius 2 is 1.97 bits per heavy atom. The molecule has 11 heteroatoms. The number of hydrogen-bond acceptors (Lipinski definition) is 7. The molecule has 1 atom stereocenters. The van der Waals surface area contributed by atoms with E-state index >= 15 is 0 Å². The van der Waals surface area contributed by atoms with Crippen molar-refractivity contribution in [3.63, 3.8) is 0 Å². The Labute approximate surface area is 188 Å². The number of hydrogen-bond donors (Lipinski definition) is 0. The largest absolute Gasteiger partial charge is 0.375 e. The van der Waals surface area contributed by atoms with Gasteiger partial charge in [-0.05, 0) is 49.6 Å². The molecule has 0 bridgehead atoms. The molecule has 4 rings (SSSR count). The lowest BCUT2D eigenvalue weighted by Gasteiger charge is -2.36. The van der Waals surface area contributed by atoms with E-state index < -0.39 is 5.82 Å². The Kier molecular flexibility index (Phi) is 6.02. The van der Waals surface area contributed by atoms with Gasteiger partial charge in [0, 0.05) is 32.8 Å². The van der Waals surface area contributed by atoms with Crippen LogP contribution in [0.2, 0.25) is 0 Å². The summed E-state index contributed by atoms with van der Waals surface area (Å²) in [6, 6.07) is 5.10. The molecule has 1 aliphatic rings. The monoisotopic (exact) mass is 458 g/mol. The fourth-order valence-corrected chi connectivity index (χ4v) is 4.48. The van der Waals surface area contributed by atoms with Crippen molar-refractivity contribution in [2.75, 3.05) is 32.2 Å².